The standard InChI is InChI=1S/C27H29N3O3/c1-18-9-11-21(12-10-18)17-30-20(3)24(19(2)29-30)15-16-25(31)33-26(22-7-5-4-6-8-22)27(32)28-23-13-14-23/h4-12,15-16,23,26H,13-14,17H2,1-3H3,(H,28,32)/b16-15+. The Morgan fingerprint density at radius 3 is 2.45 bits per heavy atom. The minimum absolute atomic E-state index is 0.183. The monoisotopic (exact) mass is 443 g/mol. The van der Waals surface area contributed by atoms with E-state index in [-0.39, 0.29) is 11.9 Å². The van der Waals surface area contributed by atoms with Gasteiger partial charge >= 0.3 is 5.97 Å². The zero-order chi connectivity index (χ0) is 23.4. The van der Waals surface area contributed by atoms with Crippen LogP contribution < -0.4 is 5.32 Å². The Hall–Kier alpha value is -3.67. The van der Waals surface area contributed by atoms with Crippen molar-refractivity contribution in [2.45, 2.75) is 52.3 Å². The molecule has 3 aromatic rings. The first kappa shape index (κ1) is 22.5. The number of carbonyl (C=O) groups is 2. The van der Waals surface area contributed by atoms with Gasteiger partial charge in [-0.3, -0.25) is 9.48 Å². The van der Waals surface area contributed by atoms with Gasteiger partial charge < -0.3 is 10.1 Å². The van der Waals surface area contributed by atoms with Gasteiger partial charge in [-0.25, -0.2) is 4.79 Å². The molecule has 0 aliphatic heterocycles. The fourth-order valence-corrected chi connectivity index (χ4v) is 3.68. The number of aromatic nitrogens is 2. The van der Waals surface area contributed by atoms with Gasteiger partial charge in [0.1, 0.15) is 0 Å². The predicted octanol–water partition coefficient (Wildman–Crippen LogP) is 4.43. The molecule has 0 spiro atoms. The van der Waals surface area contributed by atoms with Crippen molar-refractivity contribution in [1.29, 1.82) is 0 Å². The van der Waals surface area contributed by atoms with Crippen molar-refractivity contribution in [2.24, 2.45) is 0 Å². The molecule has 1 fully saturated rings. The fraction of sp³-hybridized carbons (Fsp3) is 0.296. The molecule has 6 nitrogen and oxygen atoms in total. The molecule has 170 valence electrons. The van der Waals surface area contributed by atoms with Gasteiger partial charge in [-0.15, -0.1) is 0 Å². The van der Waals surface area contributed by atoms with Crippen LogP contribution in [0.5, 0.6) is 0 Å². The number of hydrogen-bond acceptors (Lipinski definition) is 4. The molecular weight excluding hydrogens is 414 g/mol. The number of rotatable bonds is 8. The minimum atomic E-state index is -0.976. The Bertz CT molecular complexity index is 1160. The SMILES string of the molecule is Cc1ccc(Cn2nc(C)c(/C=C/C(=O)OC(C(=O)NC3CC3)c3ccccc3)c2C)cc1. The maximum atomic E-state index is 12.7. The highest BCUT2D eigenvalue weighted by atomic mass is 16.5. The van der Waals surface area contributed by atoms with Crippen LogP contribution in [0, 0.1) is 20.8 Å². The quantitative estimate of drug-likeness (QED) is 0.413. The summed E-state index contributed by atoms with van der Waals surface area (Å²) < 4.78 is 7.51. The van der Waals surface area contributed by atoms with E-state index in [4.69, 9.17) is 4.74 Å². The number of esters is 1. The Labute approximate surface area is 194 Å². The van der Waals surface area contributed by atoms with Crippen LogP contribution in [0.1, 0.15) is 52.6 Å². The third-order valence-electron chi connectivity index (χ3n) is 5.77. The lowest BCUT2D eigenvalue weighted by Gasteiger charge is -2.17. The highest BCUT2D eigenvalue weighted by molar-refractivity contribution is 5.91. The molecule has 1 unspecified atom stereocenters. The van der Waals surface area contributed by atoms with Crippen LogP contribution >= 0.6 is 0 Å². The van der Waals surface area contributed by atoms with E-state index in [1.165, 1.54) is 11.6 Å². The average Bonchev–Trinajstić information content (AvgIpc) is 3.58. The van der Waals surface area contributed by atoms with E-state index in [9.17, 15) is 9.59 Å². The molecule has 4 rings (SSSR count). The number of hydrogen-bond donors (Lipinski definition) is 1. The average molecular weight is 444 g/mol. The summed E-state index contributed by atoms with van der Waals surface area (Å²) >= 11 is 0. The zero-order valence-corrected chi connectivity index (χ0v) is 19.2. The van der Waals surface area contributed by atoms with Gasteiger partial charge in [0.05, 0.1) is 12.2 Å². The summed E-state index contributed by atoms with van der Waals surface area (Å²) in [5.41, 5.74) is 5.69. The normalized spacial score (nSPS) is 14.3. The van der Waals surface area contributed by atoms with Gasteiger partial charge in [0.25, 0.3) is 5.91 Å². The van der Waals surface area contributed by atoms with Gasteiger partial charge in [-0.1, -0.05) is 60.2 Å². The van der Waals surface area contributed by atoms with Crippen LogP contribution in [0.25, 0.3) is 6.08 Å². The molecule has 2 aromatic carbocycles. The van der Waals surface area contributed by atoms with E-state index in [2.05, 4.69) is 41.6 Å². The van der Waals surface area contributed by atoms with Crippen molar-refractivity contribution < 1.29 is 14.3 Å². The van der Waals surface area contributed by atoms with Crippen LogP contribution in [0.15, 0.2) is 60.7 Å². The first-order chi connectivity index (χ1) is 15.9. The number of nitrogens with one attached hydrogen (secondary N) is 1. The van der Waals surface area contributed by atoms with Crippen molar-refractivity contribution in [3.63, 3.8) is 0 Å². The largest absolute Gasteiger partial charge is 0.444 e. The molecule has 1 saturated carbocycles. The summed E-state index contributed by atoms with van der Waals surface area (Å²) in [5, 5.41) is 7.56. The Morgan fingerprint density at radius 1 is 1.09 bits per heavy atom. The van der Waals surface area contributed by atoms with Crippen LogP contribution in [0.4, 0.5) is 0 Å². The third kappa shape index (κ3) is 5.77. The Morgan fingerprint density at radius 2 is 1.79 bits per heavy atom. The molecule has 0 bridgehead atoms. The van der Waals surface area contributed by atoms with E-state index in [0.29, 0.717) is 12.1 Å². The maximum Gasteiger partial charge on any atom is 0.331 e. The Balaban J connectivity index is 1.47. The molecule has 6 heteroatoms. The van der Waals surface area contributed by atoms with Crippen molar-refractivity contribution in [3.8, 4) is 0 Å². The molecule has 0 saturated heterocycles. The van der Waals surface area contributed by atoms with Gasteiger partial charge in [-0.05, 0) is 45.3 Å². The lowest BCUT2D eigenvalue weighted by molar-refractivity contribution is -0.151. The molecular formula is C27H29N3O3. The maximum absolute atomic E-state index is 12.7. The van der Waals surface area contributed by atoms with Gasteiger partial charge in [0.15, 0.2) is 0 Å². The van der Waals surface area contributed by atoms with Gasteiger partial charge in [0.2, 0.25) is 6.10 Å². The molecule has 1 aliphatic carbocycles. The van der Waals surface area contributed by atoms with E-state index in [0.717, 1.165) is 35.4 Å². The number of nitrogens with zero attached hydrogens (tertiary/aromatic N) is 2. The summed E-state index contributed by atoms with van der Waals surface area (Å²) in [6, 6.07) is 17.6. The first-order valence-electron chi connectivity index (χ1n) is 11.2. The molecule has 1 atom stereocenters. The molecule has 33 heavy (non-hydrogen) atoms. The van der Waals surface area contributed by atoms with E-state index >= 15 is 0 Å². The smallest absolute Gasteiger partial charge is 0.331 e. The number of benzene rings is 2. The van der Waals surface area contributed by atoms with Crippen molar-refractivity contribution in [2.75, 3.05) is 0 Å². The second kappa shape index (κ2) is 9.86. The Kier molecular flexibility index (Phi) is 6.73. The molecule has 1 amide bonds. The summed E-state index contributed by atoms with van der Waals surface area (Å²) in [5.74, 6) is -0.858. The van der Waals surface area contributed by atoms with E-state index in [1.807, 2.05) is 36.7 Å². The summed E-state index contributed by atoms with van der Waals surface area (Å²) in [4.78, 5) is 25.3. The van der Waals surface area contributed by atoms with Crippen LogP contribution in [0.3, 0.4) is 0 Å². The number of aryl methyl sites for hydroxylation is 2. The number of ether oxygens (including phenoxy) is 1. The molecule has 1 aromatic heterocycles. The van der Waals surface area contributed by atoms with Gasteiger partial charge in [0, 0.05) is 28.9 Å². The second-order valence-corrected chi connectivity index (χ2v) is 8.57. The highest BCUT2D eigenvalue weighted by Crippen LogP contribution is 2.24. The van der Waals surface area contributed by atoms with Crippen LogP contribution in [-0.4, -0.2) is 27.7 Å². The molecule has 0 radical (unpaired) electrons. The number of carbonyl (C=O) groups excluding carboxylic acids is 2. The highest BCUT2D eigenvalue weighted by Gasteiger charge is 2.30. The topological polar surface area (TPSA) is 73.2 Å². The lowest BCUT2D eigenvalue weighted by atomic mass is 10.1. The molecule has 1 heterocycles. The van der Waals surface area contributed by atoms with Crippen molar-refractivity contribution >= 4 is 18.0 Å². The molecule has 1 N–H and O–H groups in total. The zero-order valence-electron chi connectivity index (χ0n) is 19.2. The lowest BCUT2D eigenvalue weighted by Crippen LogP contribution is -2.33. The second-order valence-electron chi connectivity index (χ2n) is 8.57. The number of amides is 1. The predicted molar refractivity (Wildman–Crippen MR) is 127 cm³/mol. The minimum Gasteiger partial charge on any atom is -0.444 e. The van der Waals surface area contributed by atoms with Crippen LogP contribution in [-0.2, 0) is 20.9 Å². The van der Waals surface area contributed by atoms with Gasteiger partial charge in [-0.2, -0.15) is 5.10 Å². The van der Waals surface area contributed by atoms with E-state index < -0.39 is 12.1 Å². The summed E-state index contributed by atoms with van der Waals surface area (Å²) in [6.07, 6.45) is 4.04. The molecule has 1 aliphatic rings. The first-order valence-corrected chi connectivity index (χ1v) is 11.2. The van der Waals surface area contributed by atoms with Crippen molar-refractivity contribution in [3.05, 3.63) is 94.3 Å². The fourth-order valence-electron chi connectivity index (χ4n) is 3.68. The third-order valence-corrected chi connectivity index (χ3v) is 5.77. The van der Waals surface area contributed by atoms with Crippen molar-refractivity contribution in [1.82, 2.24) is 15.1 Å². The summed E-state index contributed by atoms with van der Waals surface area (Å²) in [6.45, 7) is 6.62. The van der Waals surface area contributed by atoms with E-state index in [1.54, 1.807) is 18.2 Å². The summed E-state index contributed by atoms with van der Waals surface area (Å²) in [7, 11) is 0. The van der Waals surface area contributed by atoms with Crippen LogP contribution in [0.2, 0.25) is 0 Å².